The molecular weight excluding hydrogens is 315 g/mol. The Labute approximate surface area is 113 Å². The van der Waals surface area contributed by atoms with Crippen molar-refractivity contribution in [2.75, 3.05) is 11.9 Å². The first kappa shape index (κ1) is 17.4. The Morgan fingerprint density at radius 1 is 1.22 bits per heavy atom. The van der Waals surface area contributed by atoms with Crippen LogP contribution in [0.15, 0.2) is 0 Å². The fourth-order valence-corrected chi connectivity index (χ4v) is 1.92. The Hall–Kier alpha value is -0.590. The highest BCUT2D eigenvalue weighted by molar-refractivity contribution is 9.09. The highest BCUT2D eigenvalue weighted by Gasteiger charge is 2.39. The molecule has 7 heteroatoms. The van der Waals surface area contributed by atoms with Crippen LogP contribution >= 0.6 is 15.9 Å². The van der Waals surface area contributed by atoms with Gasteiger partial charge in [-0.25, -0.2) is 0 Å². The van der Waals surface area contributed by atoms with E-state index in [1.165, 1.54) is 0 Å². The first-order valence-corrected chi connectivity index (χ1v) is 6.53. The van der Waals surface area contributed by atoms with Crippen LogP contribution in [-0.2, 0) is 9.59 Å². The summed E-state index contributed by atoms with van der Waals surface area (Å²) in [5.74, 6) is -2.84. The van der Waals surface area contributed by atoms with E-state index in [-0.39, 0.29) is 23.1 Å². The summed E-state index contributed by atoms with van der Waals surface area (Å²) in [7, 11) is 0. The normalized spacial score (nSPS) is 14.2. The van der Waals surface area contributed by atoms with Gasteiger partial charge in [0.25, 0.3) is 0 Å². The van der Waals surface area contributed by atoms with E-state index in [2.05, 4.69) is 15.9 Å². The van der Waals surface area contributed by atoms with Crippen molar-refractivity contribution >= 4 is 27.6 Å². The predicted molar refractivity (Wildman–Crippen MR) is 65.4 cm³/mol. The Balaban J connectivity index is 4.53. The molecule has 106 valence electrons. The number of Topliss-reactive ketones (excluding diaryl/α,β-unsaturated/α-hetero) is 1. The molecule has 1 N–H and O–H groups in total. The van der Waals surface area contributed by atoms with E-state index in [0.29, 0.717) is 6.42 Å². The number of amides is 1. The van der Waals surface area contributed by atoms with Gasteiger partial charge in [0.15, 0.2) is 0 Å². The van der Waals surface area contributed by atoms with Crippen LogP contribution in [0, 0.1) is 11.3 Å². The van der Waals surface area contributed by atoms with Gasteiger partial charge in [0.05, 0.1) is 5.33 Å². The van der Waals surface area contributed by atoms with Gasteiger partial charge < -0.3 is 5.32 Å². The molecule has 0 saturated heterocycles. The third-order valence-electron chi connectivity index (χ3n) is 2.21. The number of ketones is 1. The first-order valence-electron chi connectivity index (χ1n) is 5.41. The summed E-state index contributed by atoms with van der Waals surface area (Å²) < 4.78 is 36.0. The standard InChI is InChI=1S/C11H17BrF3NO2/c1-10(2,3)4-7(8(17)5-12)6-16-9(18)11(13,14)15/h7H,4-6H2,1-3H3,(H,16,18). The van der Waals surface area contributed by atoms with Crippen LogP contribution in [0.3, 0.4) is 0 Å². The van der Waals surface area contributed by atoms with E-state index in [1.807, 2.05) is 20.8 Å². The average Bonchev–Trinajstić information content (AvgIpc) is 2.19. The number of halogens is 4. The summed E-state index contributed by atoms with van der Waals surface area (Å²) >= 11 is 2.99. The second-order valence-corrected chi connectivity index (χ2v) is 5.83. The zero-order valence-electron chi connectivity index (χ0n) is 10.5. The summed E-state index contributed by atoms with van der Waals surface area (Å²) in [5.41, 5.74) is -0.203. The number of hydrogen-bond acceptors (Lipinski definition) is 2. The number of hydrogen-bond donors (Lipinski definition) is 1. The molecular formula is C11H17BrF3NO2. The Kier molecular flexibility index (Phi) is 6.33. The molecule has 0 aliphatic carbocycles. The van der Waals surface area contributed by atoms with Gasteiger partial charge in [0, 0.05) is 12.5 Å². The minimum Gasteiger partial charge on any atom is -0.348 e. The number of carbonyl (C=O) groups excluding carboxylic acids is 2. The van der Waals surface area contributed by atoms with Crippen LogP contribution in [0.1, 0.15) is 27.2 Å². The molecule has 0 radical (unpaired) electrons. The highest BCUT2D eigenvalue weighted by atomic mass is 79.9. The van der Waals surface area contributed by atoms with Crippen molar-refractivity contribution in [3.05, 3.63) is 0 Å². The number of nitrogens with one attached hydrogen (secondary N) is 1. The van der Waals surface area contributed by atoms with E-state index in [4.69, 9.17) is 0 Å². The van der Waals surface area contributed by atoms with Crippen LogP contribution in [0.2, 0.25) is 0 Å². The van der Waals surface area contributed by atoms with E-state index >= 15 is 0 Å². The minimum atomic E-state index is -4.91. The van der Waals surface area contributed by atoms with Gasteiger partial charge in [0.2, 0.25) is 0 Å². The van der Waals surface area contributed by atoms with Crippen molar-refractivity contribution in [3.63, 3.8) is 0 Å². The summed E-state index contributed by atoms with van der Waals surface area (Å²) in [6.45, 7) is 5.35. The molecule has 0 fully saturated rings. The van der Waals surface area contributed by atoms with Gasteiger partial charge >= 0.3 is 12.1 Å². The van der Waals surface area contributed by atoms with Crippen LogP contribution in [0.5, 0.6) is 0 Å². The van der Waals surface area contributed by atoms with Gasteiger partial charge in [0.1, 0.15) is 5.78 Å². The van der Waals surface area contributed by atoms with Crippen molar-refractivity contribution in [2.24, 2.45) is 11.3 Å². The smallest absolute Gasteiger partial charge is 0.348 e. The van der Waals surface area contributed by atoms with Crippen molar-refractivity contribution in [3.8, 4) is 0 Å². The fraction of sp³-hybridized carbons (Fsp3) is 0.818. The van der Waals surface area contributed by atoms with E-state index in [0.717, 1.165) is 0 Å². The second kappa shape index (κ2) is 6.54. The predicted octanol–water partition coefficient (Wildman–Crippen LogP) is 2.68. The lowest BCUT2D eigenvalue weighted by atomic mass is 9.83. The second-order valence-electron chi connectivity index (χ2n) is 5.27. The zero-order chi connectivity index (χ0) is 14.6. The molecule has 0 saturated carbocycles. The number of carbonyl (C=O) groups is 2. The monoisotopic (exact) mass is 331 g/mol. The van der Waals surface area contributed by atoms with Crippen molar-refractivity contribution in [2.45, 2.75) is 33.4 Å². The number of alkyl halides is 4. The maximum absolute atomic E-state index is 12.0. The molecule has 0 aromatic rings. The lowest BCUT2D eigenvalue weighted by Gasteiger charge is -2.25. The van der Waals surface area contributed by atoms with Crippen molar-refractivity contribution in [1.82, 2.24) is 5.32 Å². The Bertz CT molecular complexity index is 310. The summed E-state index contributed by atoms with van der Waals surface area (Å²) in [4.78, 5) is 22.3. The van der Waals surface area contributed by atoms with Gasteiger partial charge in [-0.05, 0) is 11.8 Å². The van der Waals surface area contributed by atoms with Crippen molar-refractivity contribution in [1.29, 1.82) is 0 Å². The molecule has 1 amide bonds. The summed E-state index contributed by atoms with van der Waals surface area (Å²) in [6, 6.07) is 0. The molecule has 0 aliphatic heterocycles. The van der Waals surface area contributed by atoms with Gasteiger partial charge in [-0.15, -0.1) is 0 Å². The minimum absolute atomic E-state index is 0.0651. The lowest BCUT2D eigenvalue weighted by molar-refractivity contribution is -0.173. The molecule has 18 heavy (non-hydrogen) atoms. The highest BCUT2D eigenvalue weighted by Crippen LogP contribution is 2.25. The summed E-state index contributed by atoms with van der Waals surface area (Å²) in [6.07, 6.45) is -4.50. The van der Waals surface area contributed by atoms with E-state index in [9.17, 15) is 22.8 Å². The maximum Gasteiger partial charge on any atom is 0.471 e. The van der Waals surface area contributed by atoms with Crippen molar-refractivity contribution < 1.29 is 22.8 Å². The van der Waals surface area contributed by atoms with Crippen LogP contribution in [0.4, 0.5) is 13.2 Å². The molecule has 0 aliphatic rings. The molecule has 0 rings (SSSR count). The van der Waals surface area contributed by atoms with Crippen LogP contribution in [-0.4, -0.2) is 29.7 Å². The van der Waals surface area contributed by atoms with Gasteiger partial charge in [-0.2, -0.15) is 13.2 Å². The van der Waals surface area contributed by atoms with Gasteiger partial charge in [-0.1, -0.05) is 36.7 Å². The molecule has 0 bridgehead atoms. The fourth-order valence-electron chi connectivity index (χ4n) is 1.46. The largest absolute Gasteiger partial charge is 0.471 e. The van der Waals surface area contributed by atoms with Gasteiger partial charge in [-0.3, -0.25) is 9.59 Å². The maximum atomic E-state index is 12.0. The quantitative estimate of drug-likeness (QED) is 0.787. The lowest BCUT2D eigenvalue weighted by Crippen LogP contribution is -2.41. The number of rotatable bonds is 5. The third-order valence-corrected chi connectivity index (χ3v) is 2.76. The molecule has 0 heterocycles. The molecule has 0 aromatic heterocycles. The van der Waals surface area contributed by atoms with E-state index in [1.54, 1.807) is 5.32 Å². The molecule has 0 spiro atoms. The summed E-state index contributed by atoms with van der Waals surface area (Å²) in [5, 5.41) is 1.82. The molecule has 0 aromatic carbocycles. The topological polar surface area (TPSA) is 46.2 Å². The Morgan fingerprint density at radius 2 is 1.72 bits per heavy atom. The van der Waals surface area contributed by atoms with Crippen LogP contribution in [0.25, 0.3) is 0 Å². The average molecular weight is 332 g/mol. The molecule has 1 atom stereocenters. The van der Waals surface area contributed by atoms with Crippen LogP contribution < -0.4 is 5.32 Å². The molecule has 3 nitrogen and oxygen atoms in total. The third kappa shape index (κ3) is 6.98. The first-order chi connectivity index (χ1) is 7.97. The zero-order valence-corrected chi connectivity index (χ0v) is 12.1. The van der Waals surface area contributed by atoms with E-state index < -0.39 is 18.0 Å². The molecule has 1 unspecified atom stereocenters. The SMILES string of the molecule is CC(C)(C)CC(CNC(=O)C(F)(F)F)C(=O)CBr. The Morgan fingerprint density at radius 3 is 2.06 bits per heavy atom.